The molecule has 0 aliphatic rings. The van der Waals surface area contributed by atoms with Crippen LogP contribution in [0.1, 0.15) is 19.4 Å². The minimum absolute atomic E-state index is 0.100. The lowest BCUT2D eigenvalue weighted by molar-refractivity contribution is -0.109. The zero-order valence-corrected chi connectivity index (χ0v) is 14.9. The Hall–Kier alpha value is -2.87. The first-order valence-electron chi connectivity index (χ1n) is 7.65. The first-order chi connectivity index (χ1) is 12.2. The number of amides is 1. The van der Waals surface area contributed by atoms with Gasteiger partial charge in [0.15, 0.2) is 0 Å². The van der Waals surface area contributed by atoms with Gasteiger partial charge in [-0.25, -0.2) is 10.2 Å². The molecule has 7 nitrogen and oxygen atoms in total. The molecule has 2 rings (SSSR count). The van der Waals surface area contributed by atoms with E-state index in [1.54, 1.807) is 42.8 Å². The number of nitrogens with zero attached hydrogens (tertiary/aromatic N) is 1. The first kappa shape index (κ1) is 22.1. The van der Waals surface area contributed by atoms with Crippen molar-refractivity contribution in [1.29, 1.82) is 0 Å². The second-order valence-electron chi connectivity index (χ2n) is 4.11. The molecule has 25 heavy (non-hydrogen) atoms. The van der Waals surface area contributed by atoms with E-state index in [4.69, 9.17) is 14.3 Å². The number of hydrogen-bond donors (Lipinski definition) is 3. The highest BCUT2D eigenvalue weighted by Gasteiger charge is 2.08. The highest BCUT2D eigenvalue weighted by Crippen LogP contribution is 2.21. The number of nitrogens with two attached hydrogens (primary N) is 1. The summed E-state index contributed by atoms with van der Waals surface area (Å²) in [6.07, 6.45) is 0.403. The van der Waals surface area contributed by atoms with E-state index in [9.17, 15) is 4.39 Å². The Morgan fingerprint density at radius 1 is 1.20 bits per heavy atom. The Labute approximate surface area is 147 Å². The van der Waals surface area contributed by atoms with Gasteiger partial charge in [0.25, 0.3) is 0 Å². The van der Waals surface area contributed by atoms with Gasteiger partial charge in [-0.1, -0.05) is 26.0 Å². The Morgan fingerprint density at radius 2 is 1.80 bits per heavy atom. The summed E-state index contributed by atoms with van der Waals surface area (Å²) < 4.78 is 24.2. The second kappa shape index (κ2) is 13.6. The summed E-state index contributed by atoms with van der Waals surface area (Å²) in [6, 6.07) is 10.0. The molecule has 0 bridgehead atoms. The van der Waals surface area contributed by atoms with E-state index in [-0.39, 0.29) is 12.4 Å². The fraction of sp³-hybridized carbons (Fsp3) is 0.294. The van der Waals surface area contributed by atoms with E-state index in [1.807, 2.05) is 13.8 Å². The van der Waals surface area contributed by atoms with Crippen LogP contribution in [-0.2, 0) is 11.4 Å². The fourth-order valence-electron chi connectivity index (χ4n) is 1.68. The van der Waals surface area contributed by atoms with Crippen molar-refractivity contribution in [2.75, 3.05) is 19.5 Å². The van der Waals surface area contributed by atoms with Crippen molar-refractivity contribution in [2.24, 2.45) is 5.84 Å². The van der Waals surface area contributed by atoms with Gasteiger partial charge in [-0.05, 0) is 12.1 Å². The average Bonchev–Trinajstić information content (AvgIpc) is 2.68. The molecule has 0 aliphatic heterocycles. The van der Waals surface area contributed by atoms with E-state index in [1.165, 1.54) is 13.2 Å². The van der Waals surface area contributed by atoms with E-state index in [0.717, 1.165) is 0 Å². The highest BCUT2D eigenvalue weighted by atomic mass is 19.1. The summed E-state index contributed by atoms with van der Waals surface area (Å²) >= 11 is 0. The van der Waals surface area contributed by atoms with Crippen LogP contribution in [0.15, 0.2) is 36.4 Å². The standard InChI is InChI=1S/C14H15FN2O2.C2H6.CH4N2O/c1-16-12-6-3-5-11(15)10(12)9-19-14-8-4-7-13(17-14)18-2;1-2;2-3-1-4/h3-8,16H,9H2,1-2H3;1-2H3;1H,2H2,(H,3,4). The van der Waals surface area contributed by atoms with Crippen LogP contribution in [0.3, 0.4) is 0 Å². The maximum absolute atomic E-state index is 13.7. The van der Waals surface area contributed by atoms with Crippen molar-refractivity contribution in [3.63, 3.8) is 0 Å². The predicted octanol–water partition coefficient (Wildman–Crippen LogP) is 2.48. The SMILES string of the molecule is CC.CNc1cccc(F)c1COc1cccc(OC)n1.NNC=O. The Morgan fingerprint density at radius 3 is 2.36 bits per heavy atom. The van der Waals surface area contributed by atoms with Gasteiger partial charge in [0, 0.05) is 30.4 Å². The number of nitrogens with one attached hydrogen (secondary N) is 2. The number of aromatic nitrogens is 1. The van der Waals surface area contributed by atoms with Crippen molar-refractivity contribution in [3.05, 3.63) is 47.8 Å². The molecule has 1 aromatic heterocycles. The third-order valence-electron chi connectivity index (χ3n) is 2.73. The van der Waals surface area contributed by atoms with Gasteiger partial charge in [0.05, 0.1) is 7.11 Å². The summed E-state index contributed by atoms with van der Waals surface area (Å²) in [7, 11) is 3.27. The van der Waals surface area contributed by atoms with E-state index in [2.05, 4.69) is 16.1 Å². The Balaban J connectivity index is 0.000000845. The molecule has 138 valence electrons. The van der Waals surface area contributed by atoms with Gasteiger partial charge in [-0.15, -0.1) is 0 Å². The molecular formula is C17H25FN4O3. The summed E-state index contributed by atoms with van der Waals surface area (Å²) in [5.74, 6) is 4.95. The number of pyridine rings is 1. The number of benzene rings is 1. The Kier molecular flexibility index (Phi) is 12.0. The topological polar surface area (TPSA) is 98.5 Å². The lowest BCUT2D eigenvalue weighted by Crippen LogP contribution is -2.18. The van der Waals surface area contributed by atoms with Crippen LogP contribution in [0.2, 0.25) is 0 Å². The molecule has 2 aromatic rings. The van der Waals surface area contributed by atoms with Crippen LogP contribution in [0.25, 0.3) is 0 Å². The molecule has 0 spiro atoms. The van der Waals surface area contributed by atoms with Gasteiger partial charge in [0.2, 0.25) is 18.2 Å². The van der Waals surface area contributed by atoms with Crippen LogP contribution < -0.4 is 26.1 Å². The zero-order chi connectivity index (χ0) is 19.1. The van der Waals surface area contributed by atoms with Crippen LogP contribution >= 0.6 is 0 Å². The molecule has 1 aromatic carbocycles. The molecule has 0 unspecified atom stereocenters. The molecular weight excluding hydrogens is 327 g/mol. The monoisotopic (exact) mass is 352 g/mol. The van der Waals surface area contributed by atoms with Gasteiger partial charge >= 0.3 is 0 Å². The molecule has 4 N–H and O–H groups in total. The summed E-state index contributed by atoms with van der Waals surface area (Å²) in [5, 5.41) is 2.93. The van der Waals surface area contributed by atoms with Crippen molar-refractivity contribution >= 4 is 12.1 Å². The predicted molar refractivity (Wildman–Crippen MR) is 95.8 cm³/mol. The highest BCUT2D eigenvalue weighted by molar-refractivity contribution is 5.51. The van der Waals surface area contributed by atoms with Gasteiger partial charge in [-0.3, -0.25) is 10.2 Å². The lowest BCUT2D eigenvalue weighted by Gasteiger charge is -2.11. The summed E-state index contributed by atoms with van der Waals surface area (Å²) in [5.41, 5.74) is 2.91. The molecule has 0 fully saturated rings. The number of rotatable bonds is 6. The van der Waals surface area contributed by atoms with Gasteiger partial charge < -0.3 is 14.8 Å². The molecule has 0 atom stereocenters. The molecule has 0 saturated carbocycles. The molecule has 0 radical (unpaired) electrons. The van der Waals surface area contributed by atoms with Crippen molar-refractivity contribution < 1.29 is 18.7 Å². The third-order valence-corrected chi connectivity index (χ3v) is 2.73. The number of carbonyl (C=O) groups excluding carboxylic acids is 1. The molecule has 1 amide bonds. The quantitative estimate of drug-likeness (QED) is 0.320. The molecule has 0 saturated heterocycles. The van der Waals surface area contributed by atoms with Crippen molar-refractivity contribution in [1.82, 2.24) is 10.4 Å². The minimum atomic E-state index is -0.310. The van der Waals surface area contributed by atoms with Crippen LogP contribution in [0, 0.1) is 5.82 Å². The fourth-order valence-corrected chi connectivity index (χ4v) is 1.68. The maximum atomic E-state index is 13.7. The average molecular weight is 352 g/mol. The molecule has 1 heterocycles. The number of carbonyl (C=O) groups is 1. The summed E-state index contributed by atoms with van der Waals surface area (Å²) in [4.78, 5) is 13.0. The molecule has 0 aliphatic carbocycles. The van der Waals surface area contributed by atoms with E-state index >= 15 is 0 Å². The maximum Gasteiger partial charge on any atom is 0.221 e. The van der Waals surface area contributed by atoms with Crippen LogP contribution in [0.5, 0.6) is 11.8 Å². The minimum Gasteiger partial charge on any atom is -0.481 e. The van der Waals surface area contributed by atoms with E-state index in [0.29, 0.717) is 29.4 Å². The second-order valence-corrected chi connectivity index (χ2v) is 4.11. The number of anilines is 1. The first-order valence-corrected chi connectivity index (χ1v) is 7.65. The number of hydrogen-bond acceptors (Lipinski definition) is 6. The van der Waals surface area contributed by atoms with Crippen LogP contribution in [-0.4, -0.2) is 25.6 Å². The van der Waals surface area contributed by atoms with Crippen molar-refractivity contribution in [2.45, 2.75) is 20.5 Å². The molecule has 8 heteroatoms. The van der Waals surface area contributed by atoms with E-state index < -0.39 is 0 Å². The number of hydrazine groups is 1. The van der Waals surface area contributed by atoms with Gasteiger partial charge in [0.1, 0.15) is 12.4 Å². The Bertz CT molecular complexity index is 627. The normalized spacial score (nSPS) is 8.72. The number of methoxy groups -OCH3 is 1. The van der Waals surface area contributed by atoms with Crippen LogP contribution in [0.4, 0.5) is 10.1 Å². The third kappa shape index (κ3) is 7.98. The summed E-state index contributed by atoms with van der Waals surface area (Å²) in [6.45, 7) is 4.10. The number of halogens is 1. The zero-order valence-electron chi connectivity index (χ0n) is 14.9. The smallest absolute Gasteiger partial charge is 0.221 e. The van der Waals surface area contributed by atoms with Crippen molar-refractivity contribution in [3.8, 4) is 11.8 Å². The lowest BCUT2D eigenvalue weighted by atomic mass is 10.2. The van der Waals surface area contributed by atoms with Gasteiger partial charge in [-0.2, -0.15) is 4.98 Å². The largest absolute Gasteiger partial charge is 0.481 e. The number of ether oxygens (including phenoxy) is 2.